The van der Waals surface area contributed by atoms with Crippen molar-refractivity contribution in [2.45, 2.75) is 25.7 Å². The lowest BCUT2D eigenvalue weighted by Crippen LogP contribution is -2.30. The molecule has 0 bridgehead atoms. The van der Waals surface area contributed by atoms with E-state index in [1.54, 1.807) is 6.20 Å². The number of aromatic nitrogens is 1. The van der Waals surface area contributed by atoms with Crippen molar-refractivity contribution in [1.29, 1.82) is 0 Å². The van der Waals surface area contributed by atoms with Gasteiger partial charge < -0.3 is 15.5 Å². The number of hydrogen-bond acceptors (Lipinski definition) is 4. The first kappa shape index (κ1) is 14.8. The first-order valence-electron chi connectivity index (χ1n) is 7.29. The summed E-state index contributed by atoms with van der Waals surface area (Å²) in [5.74, 6) is 1.61. The number of piperidine rings is 1. The zero-order chi connectivity index (χ0) is 14.4. The molecule has 0 aromatic carbocycles. The van der Waals surface area contributed by atoms with Gasteiger partial charge in [-0.05, 0) is 50.4 Å². The third kappa shape index (κ3) is 4.49. The second-order valence-corrected chi connectivity index (χ2v) is 5.60. The maximum atomic E-state index is 11.9. The van der Waals surface area contributed by atoms with Gasteiger partial charge in [0.15, 0.2) is 0 Å². The lowest BCUT2D eigenvalue weighted by atomic mass is 9.94. The van der Waals surface area contributed by atoms with Crippen LogP contribution in [0.5, 0.6) is 0 Å². The highest BCUT2D eigenvalue weighted by Gasteiger charge is 2.14. The van der Waals surface area contributed by atoms with Crippen molar-refractivity contribution in [1.82, 2.24) is 10.3 Å². The molecule has 0 radical (unpaired) electrons. The third-order valence-electron chi connectivity index (χ3n) is 3.67. The number of pyridine rings is 1. The Bertz CT molecular complexity index is 424. The van der Waals surface area contributed by atoms with Gasteiger partial charge in [0.25, 0.3) is 0 Å². The van der Waals surface area contributed by atoms with Crippen molar-refractivity contribution < 1.29 is 4.79 Å². The molecule has 1 aromatic heterocycles. The maximum Gasteiger partial charge on any atom is 0.224 e. The molecule has 5 nitrogen and oxygen atoms in total. The Morgan fingerprint density at radius 3 is 2.95 bits per heavy atom. The summed E-state index contributed by atoms with van der Waals surface area (Å²) in [5, 5.41) is 6.29. The van der Waals surface area contributed by atoms with Gasteiger partial charge in [-0.1, -0.05) is 0 Å². The number of carbonyl (C=O) groups excluding carboxylic acids is 1. The predicted molar refractivity (Wildman–Crippen MR) is 82.0 cm³/mol. The molecule has 1 amide bonds. The molecule has 5 heteroatoms. The number of carbonyl (C=O) groups is 1. The van der Waals surface area contributed by atoms with E-state index in [1.807, 2.05) is 31.1 Å². The van der Waals surface area contributed by atoms with Crippen molar-refractivity contribution in [3.63, 3.8) is 0 Å². The maximum absolute atomic E-state index is 11.9. The van der Waals surface area contributed by atoms with Crippen LogP contribution < -0.4 is 15.5 Å². The second-order valence-electron chi connectivity index (χ2n) is 5.60. The summed E-state index contributed by atoms with van der Waals surface area (Å²) in [6.07, 6.45) is 5.71. The summed E-state index contributed by atoms with van der Waals surface area (Å²) in [6, 6.07) is 3.79. The van der Waals surface area contributed by atoms with Crippen LogP contribution in [0.1, 0.15) is 25.7 Å². The van der Waals surface area contributed by atoms with Crippen LogP contribution in [-0.2, 0) is 4.79 Å². The van der Waals surface area contributed by atoms with E-state index >= 15 is 0 Å². The van der Waals surface area contributed by atoms with Gasteiger partial charge in [0.05, 0.1) is 11.9 Å². The van der Waals surface area contributed by atoms with E-state index in [-0.39, 0.29) is 5.91 Å². The summed E-state index contributed by atoms with van der Waals surface area (Å²) in [5.41, 5.74) is 0.766. The zero-order valence-electron chi connectivity index (χ0n) is 12.4. The first-order valence-corrected chi connectivity index (χ1v) is 7.29. The van der Waals surface area contributed by atoms with E-state index in [0.29, 0.717) is 12.3 Å². The Morgan fingerprint density at radius 2 is 2.35 bits per heavy atom. The minimum Gasteiger partial charge on any atom is -0.363 e. The minimum absolute atomic E-state index is 0.0787. The summed E-state index contributed by atoms with van der Waals surface area (Å²) < 4.78 is 0. The van der Waals surface area contributed by atoms with Crippen molar-refractivity contribution in [3.05, 3.63) is 18.3 Å². The van der Waals surface area contributed by atoms with Gasteiger partial charge >= 0.3 is 0 Å². The molecule has 2 rings (SSSR count). The van der Waals surface area contributed by atoms with Gasteiger partial charge in [0, 0.05) is 20.5 Å². The van der Waals surface area contributed by atoms with Crippen LogP contribution in [0, 0.1) is 5.92 Å². The molecule has 0 saturated carbocycles. The van der Waals surface area contributed by atoms with Gasteiger partial charge in [-0.25, -0.2) is 4.98 Å². The van der Waals surface area contributed by atoms with Crippen LogP contribution in [0.4, 0.5) is 11.5 Å². The largest absolute Gasteiger partial charge is 0.363 e. The number of hydrogen-bond donors (Lipinski definition) is 2. The Morgan fingerprint density at radius 1 is 1.50 bits per heavy atom. The minimum atomic E-state index is 0.0787. The number of rotatable bonds is 5. The van der Waals surface area contributed by atoms with Crippen LogP contribution in [0.2, 0.25) is 0 Å². The molecule has 20 heavy (non-hydrogen) atoms. The quantitative estimate of drug-likeness (QED) is 0.862. The van der Waals surface area contributed by atoms with E-state index in [9.17, 15) is 4.79 Å². The highest BCUT2D eigenvalue weighted by atomic mass is 16.1. The fourth-order valence-electron chi connectivity index (χ4n) is 2.45. The fraction of sp³-hybridized carbons (Fsp3) is 0.600. The monoisotopic (exact) mass is 276 g/mol. The highest BCUT2D eigenvalue weighted by Crippen LogP contribution is 2.17. The van der Waals surface area contributed by atoms with Crippen LogP contribution in [0.3, 0.4) is 0 Å². The Hall–Kier alpha value is -1.62. The molecular formula is C15H24N4O. The summed E-state index contributed by atoms with van der Waals surface area (Å²) >= 11 is 0. The second kappa shape index (κ2) is 7.24. The lowest BCUT2D eigenvalue weighted by Gasteiger charge is -2.22. The summed E-state index contributed by atoms with van der Waals surface area (Å²) in [6.45, 7) is 2.17. The Kier molecular flexibility index (Phi) is 5.35. The van der Waals surface area contributed by atoms with E-state index in [0.717, 1.165) is 31.0 Å². The number of nitrogens with one attached hydrogen (secondary N) is 2. The van der Waals surface area contributed by atoms with Gasteiger partial charge in [0.2, 0.25) is 5.91 Å². The van der Waals surface area contributed by atoms with Gasteiger partial charge in [-0.3, -0.25) is 4.79 Å². The molecule has 1 aliphatic rings. The number of anilines is 2. The molecule has 110 valence electrons. The molecule has 1 atom stereocenters. The summed E-state index contributed by atoms with van der Waals surface area (Å²) in [7, 11) is 3.89. The van der Waals surface area contributed by atoms with Crippen LogP contribution >= 0.6 is 0 Å². The zero-order valence-corrected chi connectivity index (χ0v) is 12.4. The molecule has 1 unspecified atom stereocenters. The molecular weight excluding hydrogens is 252 g/mol. The van der Waals surface area contributed by atoms with E-state index in [1.165, 1.54) is 12.8 Å². The van der Waals surface area contributed by atoms with Crippen molar-refractivity contribution in [2.24, 2.45) is 5.92 Å². The lowest BCUT2D eigenvalue weighted by molar-refractivity contribution is -0.116. The van der Waals surface area contributed by atoms with E-state index in [4.69, 9.17) is 0 Å². The average Bonchev–Trinajstić information content (AvgIpc) is 2.47. The van der Waals surface area contributed by atoms with Gasteiger partial charge in [-0.2, -0.15) is 0 Å². The average molecular weight is 276 g/mol. The Balaban J connectivity index is 1.75. The molecule has 2 heterocycles. The topological polar surface area (TPSA) is 57.3 Å². The van der Waals surface area contributed by atoms with Crippen molar-refractivity contribution in [2.75, 3.05) is 37.4 Å². The van der Waals surface area contributed by atoms with E-state index < -0.39 is 0 Å². The number of nitrogens with zero attached hydrogens (tertiary/aromatic N) is 2. The third-order valence-corrected chi connectivity index (χ3v) is 3.67. The molecule has 1 aromatic rings. The molecule has 1 fully saturated rings. The van der Waals surface area contributed by atoms with Crippen LogP contribution in [0.25, 0.3) is 0 Å². The van der Waals surface area contributed by atoms with Crippen molar-refractivity contribution >= 4 is 17.4 Å². The molecule has 2 N–H and O–H groups in total. The summed E-state index contributed by atoms with van der Waals surface area (Å²) in [4.78, 5) is 18.1. The SMILES string of the molecule is CN(C)c1ccc(NC(=O)CCC2CCCNC2)cn1. The van der Waals surface area contributed by atoms with Gasteiger partial charge in [-0.15, -0.1) is 0 Å². The van der Waals surface area contributed by atoms with E-state index in [2.05, 4.69) is 15.6 Å². The molecule has 0 aliphatic carbocycles. The standard InChI is InChI=1S/C15H24N4O/c1-19(2)14-7-6-13(11-17-14)18-15(20)8-5-12-4-3-9-16-10-12/h6-7,11-12,16H,3-5,8-10H2,1-2H3,(H,18,20). The van der Waals surface area contributed by atoms with Crippen LogP contribution in [-0.4, -0.2) is 38.1 Å². The van der Waals surface area contributed by atoms with Gasteiger partial charge in [0.1, 0.15) is 5.82 Å². The number of amides is 1. The molecule has 1 aliphatic heterocycles. The van der Waals surface area contributed by atoms with Crippen LogP contribution in [0.15, 0.2) is 18.3 Å². The normalized spacial score (nSPS) is 18.6. The molecule has 0 spiro atoms. The Labute approximate surface area is 120 Å². The highest BCUT2D eigenvalue weighted by molar-refractivity contribution is 5.90. The predicted octanol–water partition coefficient (Wildman–Crippen LogP) is 1.87. The van der Waals surface area contributed by atoms with Crippen molar-refractivity contribution in [3.8, 4) is 0 Å². The fourth-order valence-corrected chi connectivity index (χ4v) is 2.45. The smallest absolute Gasteiger partial charge is 0.224 e. The molecule has 1 saturated heterocycles. The first-order chi connectivity index (χ1) is 9.65.